The van der Waals surface area contributed by atoms with E-state index in [1.165, 1.54) is 11.6 Å². The van der Waals surface area contributed by atoms with Crippen LogP contribution in [0, 0.1) is 15.3 Å². The van der Waals surface area contributed by atoms with Crippen LogP contribution in [0.15, 0.2) is 30.5 Å². The first kappa shape index (κ1) is 18.9. The Morgan fingerprint density at radius 3 is 2.29 bits per heavy atom. The molecule has 2 heterocycles. The van der Waals surface area contributed by atoms with Crippen LogP contribution in [0.2, 0.25) is 0 Å². The van der Waals surface area contributed by atoms with E-state index in [1.807, 2.05) is 0 Å². The number of nitro benzene ring substituents is 1. The van der Waals surface area contributed by atoms with Gasteiger partial charge in [-0.1, -0.05) is 0 Å². The normalized spacial score (nSPS) is 11.6. The molecule has 0 aliphatic rings. The molecule has 28 heavy (non-hydrogen) atoms. The molecule has 2 aromatic heterocycles. The first-order valence-electron chi connectivity index (χ1n) is 7.41. The number of hydrogen-bond donors (Lipinski definition) is 2. The van der Waals surface area contributed by atoms with Gasteiger partial charge >= 0.3 is 11.9 Å². The highest BCUT2D eigenvalue weighted by Gasteiger charge is 2.39. The average molecular weight is 397 g/mol. The summed E-state index contributed by atoms with van der Waals surface area (Å²) in [6.45, 7) is 0. The quantitative estimate of drug-likeness (QED) is 0.227. The second-order valence-electron chi connectivity index (χ2n) is 5.65. The number of halogens is 3. The summed E-state index contributed by atoms with van der Waals surface area (Å²) in [6, 6.07) is 3.58. The Kier molecular flexibility index (Phi) is 4.29. The number of rotatable bonds is 3. The Hall–Kier alpha value is -3.90. The Morgan fingerprint density at radius 2 is 1.75 bits per heavy atom. The summed E-state index contributed by atoms with van der Waals surface area (Å²) < 4.78 is 39.0. The maximum absolute atomic E-state index is 12.7. The third-order valence-corrected chi connectivity index (χ3v) is 3.86. The van der Waals surface area contributed by atoms with Crippen molar-refractivity contribution in [2.45, 2.75) is 6.18 Å². The van der Waals surface area contributed by atoms with Crippen molar-refractivity contribution in [1.29, 1.82) is 0 Å². The van der Waals surface area contributed by atoms with E-state index in [9.17, 15) is 38.7 Å². The molecular formula is C15H10F3N5O5. The van der Waals surface area contributed by atoms with E-state index in [1.54, 1.807) is 0 Å². The molecule has 0 saturated heterocycles. The second-order valence-corrected chi connectivity index (χ2v) is 5.65. The minimum absolute atomic E-state index is 0.00328. The summed E-state index contributed by atoms with van der Waals surface area (Å²) in [5.74, 6) is -1.68. The molecule has 0 saturated carbocycles. The van der Waals surface area contributed by atoms with Crippen LogP contribution in [0.1, 0.15) is 5.69 Å². The van der Waals surface area contributed by atoms with Gasteiger partial charge in [0.05, 0.1) is 10.5 Å². The summed E-state index contributed by atoms with van der Waals surface area (Å²) in [4.78, 5) is 10.1. The van der Waals surface area contributed by atoms with Gasteiger partial charge in [-0.3, -0.25) is 10.1 Å². The molecular weight excluding hydrogens is 387 g/mol. The Morgan fingerprint density at radius 1 is 1.14 bits per heavy atom. The summed E-state index contributed by atoms with van der Waals surface area (Å²) in [6.07, 6.45) is -4.15. The number of aromatic hydroxyl groups is 2. The van der Waals surface area contributed by atoms with Crippen LogP contribution in [0.3, 0.4) is 0 Å². The van der Waals surface area contributed by atoms with Crippen molar-refractivity contribution in [3.05, 3.63) is 51.5 Å². The third kappa shape index (κ3) is 3.13. The Labute approximate surface area is 153 Å². The fourth-order valence-electron chi connectivity index (χ4n) is 2.54. The average Bonchev–Trinajstić information content (AvgIpc) is 2.97. The zero-order valence-electron chi connectivity index (χ0n) is 13.9. The van der Waals surface area contributed by atoms with Crippen LogP contribution in [0.5, 0.6) is 11.5 Å². The number of hydrogen-bond acceptors (Lipinski definition) is 7. The van der Waals surface area contributed by atoms with Gasteiger partial charge in [0.15, 0.2) is 23.6 Å². The molecule has 1 aromatic carbocycles. The Bertz CT molecular complexity index is 1100. The summed E-state index contributed by atoms with van der Waals surface area (Å²) in [5.41, 5.74) is -2.14. The summed E-state index contributed by atoms with van der Waals surface area (Å²) >= 11 is 0. The van der Waals surface area contributed by atoms with E-state index < -0.39 is 34.0 Å². The molecule has 13 heteroatoms. The number of nitrogens with zero attached hydrogens (tertiary/aromatic N) is 5. The van der Waals surface area contributed by atoms with Crippen LogP contribution < -0.4 is 4.73 Å². The van der Waals surface area contributed by atoms with Gasteiger partial charge in [-0.15, -0.1) is 10.2 Å². The molecule has 3 aromatic rings. The SMILES string of the molecule is Cn1c(-c2cc(O)c(O)c([N+](=O)[O-])c2)nnc1-c1ccc(C(F)(F)F)[n+]([O-])c1. The molecule has 0 aliphatic heterocycles. The molecule has 0 radical (unpaired) electrons. The predicted octanol–water partition coefficient (Wildman–Crippen LogP) is 2.12. The lowest BCUT2D eigenvalue weighted by Crippen LogP contribution is -2.36. The first-order valence-corrected chi connectivity index (χ1v) is 7.41. The van der Waals surface area contributed by atoms with E-state index in [-0.39, 0.29) is 27.5 Å². The van der Waals surface area contributed by atoms with Crippen molar-refractivity contribution in [2.24, 2.45) is 7.05 Å². The second kappa shape index (κ2) is 6.37. The molecule has 0 amide bonds. The van der Waals surface area contributed by atoms with Crippen molar-refractivity contribution < 1.29 is 33.0 Å². The predicted molar refractivity (Wildman–Crippen MR) is 85.8 cm³/mol. The van der Waals surface area contributed by atoms with Gasteiger partial charge in [-0.25, -0.2) is 0 Å². The minimum Gasteiger partial charge on any atom is -0.618 e. The van der Waals surface area contributed by atoms with E-state index >= 15 is 0 Å². The summed E-state index contributed by atoms with van der Waals surface area (Å²) in [7, 11) is 1.41. The number of phenols is 2. The lowest BCUT2D eigenvalue weighted by atomic mass is 10.1. The highest BCUT2D eigenvalue weighted by molar-refractivity contribution is 5.70. The molecule has 2 N–H and O–H groups in total. The molecule has 146 valence electrons. The lowest BCUT2D eigenvalue weighted by molar-refractivity contribution is -0.628. The highest BCUT2D eigenvalue weighted by Crippen LogP contribution is 2.39. The van der Waals surface area contributed by atoms with Gasteiger partial charge in [0.2, 0.25) is 5.75 Å². The molecule has 0 spiro atoms. The van der Waals surface area contributed by atoms with Gasteiger partial charge < -0.3 is 20.0 Å². The van der Waals surface area contributed by atoms with Crippen LogP contribution in [0.25, 0.3) is 22.8 Å². The molecule has 0 aliphatic carbocycles. The van der Waals surface area contributed by atoms with Crippen molar-refractivity contribution in [3.8, 4) is 34.3 Å². The summed E-state index contributed by atoms with van der Waals surface area (Å²) in [5, 5.41) is 49.5. The van der Waals surface area contributed by atoms with E-state index in [2.05, 4.69) is 10.2 Å². The number of alkyl halides is 3. The van der Waals surface area contributed by atoms with E-state index in [0.717, 1.165) is 18.2 Å². The maximum Gasteiger partial charge on any atom is 0.478 e. The van der Waals surface area contributed by atoms with Crippen molar-refractivity contribution >= 4 is 5.69 Å². The van der Waals surface area contributed by atoms with Crippen LogP contribution >= 0.6 is 0 Å². The first-order chi connectivity index (χ1) is 13.0. The maximum atomic E-state index is 12.7. The van der Waals surface area contributed by atoms with Gasteiger partial charge in [0.25, 0.3) is 5.69 Å². The molecule has 0 unspecified atom stereocenters. The largest absolute Gasteiger partial charge is 0.618 e. The lowest BCUT2D eigenvalue weighted by Gasteiger charge is -2.09. The Balaban J connectivity index is 2.09. The number of pyridine rings is 1. The standard InChI is InChI=1S/C15H10F3N5O5/c1-21-13(7-2-3-11(15(16,17)18)22(26)6-7)19-20-14(21)8-4-9(23(27)28)12(25)10(24)5-8/h2-6,24-25H,1H3. The van der Waals surface area contributed by atoms with Crippen molar-refractivity contribution in [3.63, 3.8) is 0 Å². The number of nitro groups is 1. The molecule has 0 atom stereocenters. The van der Waals surface area contributed by atoms with Gasteiger partial charge in [-0.2, -0.15) is 17.9 Å². The van der Waals surface area contributed by atoms with Crippen LogP contribution in [-0.2, 0) is 13.2 Å². The monoisotopic (exact) mass is 397 g/mol. The third-order valence-electron chi connectivity index (χ3n) is 3.86. The smallest absolute Gasteiger partial charge is 0.478 e. The fraction of sp³-hybridized carbons (Fsp3) is 0.133. The van der Waals surface area contributed by atoms with Crippen LogP contribution in [0.4, 0.5) is 18.9 Å². The molecule has 0 fully saturated rings. The number of phenolic OH excluding ortho intramolecular Hbond substituents is 2. The van der Waals surface area contributed by atoms with Gasteiger partial charge in [-0.05, 0) is 12.1 Å². The highest BCUT2D eigenvalue weighted by atomic mass is 19.4. The van der Waals surface area contributed by atoms with Crippen molar-refractivity contribution in [2.75, 3.05) is 0 Å². The zero-order valence-corrected chi connectivity index (χ0v) is 13.9. The van der Waals surface area contributed by atoms with Gasteiger partial charge in [0.1, 0.15) is 0 Å². The minimum atomic E-state index is -4.83. The van der Waals surface area contributed by atoms with Crippen molar-refractivity contribution in [1.82, 2.24) is 14.8 Å². The number of benzene rings is 1. The van der Waals surface area contributed by atoms with Gasteiger partial charge in [0, 0.05) is 24.7 Å². The fourth-order valence-corrected chi connectivity index (χ4v) is 2.54. The number of aromatic nitrogens is 4. The zero-order chi connectivity index (χ0) is 20.8. The molecule has 0 bridgehead atoms. The van der Waals surface area contributed by atoms with Crippen LogP contribution in [-0.4, -0.2) is 29.9 Å². The molecule has 3 rings (SSSR count). The topological polar surface area (TPSA) is 141 Å². The van der Waals surface area contributed by atoms with E-state index in [4.69, 9.17) is 0 Å². The molecule has 10 nitrogen and oxygen atoms in total. The van der Waals surface area contributed by atoms with E-state index in [0.29, 0.717) is 12.3 Å².